The molecule has 0 amide bonds. The van der Waals surface area contributed by atoms with Crippen LogP contribution in [0.1, 0.15) is 142 Å². The summed E-state index contributed by atoms with van der Waals surface area (Å²) in [4.78, 5) is 12.8. The van der Waals surface area contributed by atoms with Crippen LogP contribution in [0, 0.1) is 0 Å². The van der Waals surface area contributed by atoms with Gasteiger partial charge in [-0.15, -0.1) is 0 Å². The summed E-state index contributed by atoms with van der Waals surface area (Å²) in [6.07, 6.45) is 51.1. The van der Waals surface area contributed by atoms with Crippen LogP contribution in [0.25, 0.3) is 0 Å². The predicted molar refractivity (Wildman–Crippen MR) is 246 cm³/mol. The summed E-state index contributed by atoms with van der Waals surface area (Å²) < 4.78 is 22.8. The molecule has 1 aliphatic rings. The van der Waals surface area contributed by atoms with Crippen LogP contribution in [0.2, 0.25) is 0 Å². The van der Waals surface area contributed by atoms with Gasteiger partial charge < -0.3 is 39.4 Å². The summed E-state index contributed by atoms with van der Waals surface area (Å²) in [5.41, 5.74) is 0. The van der Waals surface area contributed by atoms with Crippen molar-refractivity contribution in [3.05, 3.63) is 109 Å². The number of esters is 1. The van der Waals surface area contributed by atoms with Gasteiger partial charge in [0.1, 0.15) is 30.5 Å². The zero-order valence-electron chi connectivity index (χ0n) is 37.2. The number of rotatable bonds is 37. The topological polar surface area (TPSA) is 135 Å². The number of carbonyl (C=O) groups is 1. The van der Waals surface area contributed by atoms with E-state index < -0.39 is 43.4 Å². The van der Waals surface area contributed by atoms with E-state index in [1.807, 2.05) is 0 Å². The minimum absolute atomic E-state index is 0.107. The van der Waals surface area contributed by atoms with Crippen molar-refractivity contribution in [3.8, 4) is 0 Å². The second-order valence-electron chi connectivity index (χ2n) is 15.1. The number of aliphatic hydroxyl groups excluding tert-OH is 4. The van der Waals surface area contributed by atoms with Crippen molar-refractivity contribution in [2.24, 2.45) is 0 Å². The number of aliphatic hydroxyl groups is 4. The van der Waals surface area contributed by atoms with Gasteiger partial charge in [0.25, 0.3) is 0 Å². The molecule has 1 rings (SSSR count). The third-order valence-corrected chi connectivity index (χ3v) is 9.68. The molecule has 9 heteroatoms. The van der Waals surface area contributed by atoms with Crippen molar-refractivity contribution in [1.82, 2.24) is 0 Å². The van der Waals surface area contributed by atoms with E-state index in [9.17, 15) is 25.2 Å². The van der Waals surface area contributed by atoms with E-state index in [4.69, 9.17) is 18.9 Å². The van der Waals surface area contributed by atoms with Gasteiger partial charge in [-0.05, 0) is 96.3 Å². The van der Waals surface area contributed by atoms with Gasteiger partial charge in [0.2, 0.25) is 0 Å². The van der Waals surface area contributed by atoms with Crippen molar-refractivity contribution in [3.63, 3.8) is 0 Å². The van der Waals surface area contributed by atoms with Gasteiger partial charge >= 0.3 is 5.97 Å². The lowest BCUT2D eigenvalue weighted by atomic mass is 9.99. The first-order valence-corrected chi connectivity index (χ1v) is 23.0. The van der Waals surface area contributed by atoms with Gasteiger partial charge in [-0.1, -0.05) is 149 Å². The van der Waals surface area contributed by atoms with E-state index in [1.54, 1.807) is 0 Å². The number of ether oxygens (including phenoxy) is 4. The highest BCUT2D eigenvalue weighted by Crippen LogP contribution is 2.22. The summed E-state index contributed by atoms with van der Waals surface area (Å²) in [5, 5.41) is 40.1. The molecule has 0 aliphatic carbocycles. The smallest absolute Gasteiger partial charge is 0.306 e. The van der Waals surface area contributed by atoms with E-state index >= 15 is 0 Å². The molecule has 340 valence electrons. The van der Waals surface area contributed by atoms with Crippen LogP contribution < -0.4 is 0 Å². The van der Waals surface area contributed by atoms with Crippen LogP contribution >= 0.6 is 0 Å². The Balaban J connectivity index is 2.31. The lowest BCUT2D eigenvalue weighted by Crippen LogP contribution is -2.59. The van der Waals surface area contributed by atoms with Crippen LogP contribution in [0.3, 0.4) is 0 Å². The Hall–Kier alpha value is -3.15. The molecule has 9 nitrogen and oxygen atoms in total. The molecule has 0 radical (unpaired) electrons. The van der Waals surface area contributed by atoms with Gasteiger partial charge in [-0.25, -0.2) is 0 Å². The largest absolute Gasteiger partial charge is 0.457 e. The average molecular weight is 839 g/mol. The molecule has 0 aromatic carbocycles. The SMILES string of the molecule is CC/C=C\C/C=C\C/C=C\C/C=C\C/C=C\CCCCCCCC(=O)OC(COCCCCC/C=C\C/C=C\C/C=C\C/C=C\CC)COC1OC(CO)C(O)C(O)C1O. The highest BCUT2D eigenvalue weighted by Gasteiger charge is 2.44. The van der Waals surface area contributed by atoms with Crippen LogP contribution in [0.15, 0.2) is 109 Å². The van der Waals surface area contributed by atoms with Gasteiger partial charge in [0.05, 0.1) is 19.8 Å². The van der Waals surface area contributed by atoms with Gasteiger partial charge in [-0.2, -0.15) is 0 Å². The van der Waals surface area contributed by atoms with Crippen LogP contribution in [0.4, 0.5) is 0 Å². The van der Waals surface area contributed by atoms with Crippen molar-refractivity contribution in [1.29, 1.82) is 0 Å². The Morgan fingerprint density at radius 1 is 0.533 bits per heavy atom. The number of unbranched alkanes of at least 4 members (excludes halogenated alkanes) is 8. The van der Waals surface area contributed by atoms with Gasteiger partial charge in [0.15, 0.2) is 6.29 Å². The summed E-state index contributed by atoms with van der Waals surface area (Å²) in [6.45, 7) is 4.20. The summed E-state index contributed by atoms with van der Waals surface area (Å²) in [7, 11) is 0. The lowest BCUT2D eigenvalue weighted by Gasteiger charge is -2.39. The number of carbonyl (C=O) groups excluding carboxylic acids is 1. The van der Waals surface area contributed by atoms with E-state index in [0.717, 1.165) is 122 Å². The highest BCUT2D eigenvalue weighted by atomic mass is 16.7. The van der Waals surface area contributed by atoms with Crippen molar-refractivity contribution in [2.75, 3.05) is 26.4 Å². The molecular formula is C51H82O9. The number of allylic oxidation sites excluding steroid dienone is 18. The average Bonchev–Trinajstić information content (AvgIpc) is 3.25. The third-order valence-electron chi connectivity index (χ3n) is 9.68. The maximum absolute atomic E-state index is 12.8. The van der Waals surface area contributed by atoms with Crippen LogP contribution in [-0.2, 0) is 23.7 Å². The standard InChI is InChI=1S/C51H82O9/c1-3-5-7-9-11-13-15-17-19-21-22-23-24-25-26-28-30-32-34-36-38-40-47(53)59-45(44-58-51-50(56)49(55)48(54)46(42-52)60-51)43-57-41-39-37-35-33-31-29-27-20-18-16-14-12-10-8-6-4-2/h5-8,11-14,17-20,22-23,25-26,29,31,45-46,48-52,54-56H,3-4,9-10,15-16,21,24,27-28,30,32-44H2,1-2H3/b7-5-,8-6-,13-11-,14-12-,19-17-,20-18-,23-22-,26-25-,31-29-. The second kappa shape index (κ2) is 41.2. The molecule has 6 atom stereocenters. The fourth-order valence-corrected chi connectivity index (χ4v) is 6.15. The molecule has 0 bridgehead atoms. The first-order valence-electron chi connectivity index (χ1n) is 23.0. The monoisotopic (exact) mass is 839 g/mol. The summed E-state index contributed by atoms with van der Waals surface area (Å²) in [5.74, 6) is -0.349. The fraction of sp³-hybridized carbons (Fsp3) is 0.627. The Bertz CT molecular complexity index is 1270. The first-order chi connectivity index (χ1) is 29.4. The predicted octanol–water partition coefficient (Wildman–Crippen LogP) is 10.6. The zero-order valence-corrected chi connectivity index (χ0v) is 37.2. The molecule has 1 saturated heterocycles. The van der Waals surface area contributed by atoms with E-state index in [1.165, 1.54) is 0 Å². The van der Waals surface area contributed by atoms with Crippen molar-refractivity contribution in [2.45, 2.75) is 179 Å². The normalized spacial score (nSPS) is 21.1. The molecule has 4 N–H and O–H groups in total. The number of hydrogen-bond acceptors (Lipinski definition) is 9. The minimum atomic E-state index is -1.55. The third kappa shape index (κ3) is 31.7. The molecule has 60 heavy (non-hydrogen) atoms. The maximum Gasteiger partial charge on any atom is 0.306 e. The van der Waals surface area contributed by atoms with Crippen LogP contribution in [0.5, 0.6) is 0 Å². The van der Waals surface area contributed by atoms with E-state index in [0.29, 0.717) is 6.61 Å². The summed E-state index contributed by atoms with van der Waals surface area (Å²) in [6, 6.07) is 0. The van der Waals surface area contributed by atoms with Crippen molar-refractivity contribution < 1.29 is 44.2 Å². The molecule has 1 heterocycles. The molecular weight excluding hydrogens is 757 g/mol. The molecule has 0 aromatic rings. The zero-order chi connectivity index (χ0) is 43.6. The quantitative estimate of drug-likeness (QED) is 0.0274. The second-order valence-corrected chi connectivity index (χ2v) is 15.1. The van der Waals surface area contributed by atoms with Crippen molar-refractivity contribution >= 4 is 5.97 Å². The first kappa shape index (κ1) is 54.9. The lowest BCUT2D eigenvalue weighted by molar-refractivity contribution is -0.305. The van der Waals surface area contributed by atoms with E-state index in [-0.39, 0.29) is 25.6 Å². The van der Waals surface area contributed by atoms with Crippen LogP contribution in [-0.4, -0.2) is 89.6 Å². The Morgan fingerprint density at radius 2 is 0.967 bits per heavy atom. The molecule has 1 aliphatic heterocycles. The molecule has 1 fully saturated rings. The molecule has 6 unspecified atom stereocenters. The Kier molecular flexibility index (Phi) is 37.7. The Labute approximate surface area is 364 Å². The molecule has 0 spiro atoms. The fourth-order valence-electron chi connectivity index (χ4n) is 6.15. The minimum Gasteiger partial charge on any atom is -0.457 e. The van der Waals surface area contributed by atoms with E-state index in [2.05, 4.69) is 123 Å². The molecule has 0 saturated carbocycles. The van der Waals surface area contributed by atoms with Gasteiger partial charge in [0, 0.05) is 13.0 Å². The highest BCUT2D eigenvalue weighted by molar-refractivity contribution is 5.69. The number of hydrogen-bond donors (Lipinski definition) is 4. The maximum atomic E-state index is 12.8. The van der Waals surface area contributed by atoms with Gasteiger partial charge in [-0.3, -0.25) is 4.79 Å². The Morgan fingerprint density at radius 3 is 1.45 bits per heavy atom. The summed E-state index contributed by atoms with van der Waals surface area (Å²) >= 11 is 0. The molecule has 0 aromatic heterocycles.